The minimum atomic E-state index is -4.68. The summed E-state index contributed by atoms with van der Waals surface area (Å²) in [5.41, 5.74) is -1.45. The number of methoxy groups -OCH3 is 1. The molecular formula is C16H12F4N2O2. The first-order valence-electron chi connectivity index (χ1n) is 6.62. The van der Waals surface area contributed by atoms with Gasteiger partial charge in [-0.3, -0.25) is 4.79 Å². The Balaban J connectivity index is 2.35. The maximum atomic E-state index is 13.7. The lowest BCUT2D eigenvalue weighted by Gasteiger charge is -2.12. The van der Waals surface area contributed by atoms with Gasteiger partial charge in [0.2, 0.25) is 5.88 Å². The van der Waals surface area contributed by atoms with Crippen LogP contribution in [-0.4, -0.2) is 18.0 Å². The SMILES string of the molecule is C=Cc1nc(OC)ccc1NC(=O)c1cc(C(F)(F)F)ccc1F. The molecule has 1 aromatic heterocycles. The number of nitrogens with zero attached hydrogens (tertiary/aromatic N) is 1. The van der Waals surface area contributed by atoms with Gasteiger partial charge in [-0.2, -0.15) is 13.2 Å². The summed E-state index contributed by atoms with van der Waals surface area (Å²) in [6, 6.07) is 4.47. The molecule has 0 radical (unpaired) electrons. The van der Waals surface area contributed by atoms with E-state index in [1.54, 1.807) is 0 Å². The summed E-state index contributed by atoms with van der Waals surface area (Å²) in [6.07, 6.45) is -3.36. The molecule has 2 rings (SSSR count). The largest absolute Gasteiger partial charge is 0.481 e. The van der Waals surface area contributed by atoms with Crippen LogP contribution in [0.4, 0.5) is 23.2 Å². The average Bonchev–Trinajstić information content (AvgIpc) is 2.54. The van der Waals surface area contributed by atoms with Crippen LogP contribution in [0.3, 0.4) is 0 Å². The van der Waals surface area contributed by atoms with Gasteiger partial charge in [-0.1, -0.05) is 6.58 Å². The Kier molecular flexibility index (Phi) is 4.87. The van der Waals surface area contributed by atoms with Gasteiger partial charge in [0.25, 0.3) is 5.91 Å². The van der Waals surface area contributed by atoms with Crippen LogP contribution in [0.1, 0.15) is 21.6 Å². The van der Waals surface area contributed by atoms with Crippen LogP contribution >= 0.6 is 0 Å². The Labute approximate surface area is 134 Å². The summed E-state index contributed by atoms with van der Waals surface area (Å²) < 4.78 is 56.7. The molecule has 0 aliphatic heterocycles. The number of nitrogens with one attached hydrogen (secondary N) is 1. The van der Waals surface area contributed by atoms with Crippen molar-refractivity contribution in [3.8, 4) is 5.88 Å². The number of hydrogen-bond acceptors (Lipinski definition) is 3. The number of pyridine rings is 1. The van der Waals surface area contributed by atoms with Crippen molar-refractivity contribution in [3.05, 3.63) is 59.5 Å². The number of amides is 1. The van der Waals surface area contributed by atoms with Crippen LogP contribution in [0.25, 0.3) is 6.08 Å². The zero-order valence-corrected chi connectivity index (χ0v) is 12.4. The number of halogens is 4. The predicted molar refractivity (Wildman–Crippen MR) is 80.2 cm³/mol. The Morgan fingerprint density at radius 3 is 2.58 bits per heavy atom. The molecule has 1 aromatic carbocycles. The maximum Gasteiger partial charge on any atom is 0.416 e. The smallest absolute Gasteiger partial charge is 0.416 e. The van der Waals surface area contributed by atoms with Gasteiger partial charge in [-0.05, 0) is 30.3 Å². The van der Waals surface area contributed by atoms with E-state index < -0.39 is 29.0 Å². The third-order valence-electron chi connectivity index (χ3n) is 3.09. The number of carbonyl (C=O) groups excluding carboxylic acids is 1. The van der Waals surface area contributed by atoms with Gasteiger partial charge in [-0.15, -0.1) is 0 Å². The van der Waals surface area contributed by atoms with E-state index in [1.165, 1.54) is 25.3 Å². The van der Waals surface area contributed by atoms with Gasteiger partial charge in [0, 0.05) is 6.07 Å². The third kappa shape index (κ3) is 3.70. The highest BCUT2D eigenvalue weighted by molar-refractivity contribution is 6.05. The lowest BCUT2D eigenvalue weighted by molar-refractivity contribution is -0.137. The molecule has 0 spiro atoms. The van der Waals surface area contributed by atoms with Crippen molar-refractivity contribution in [2.45, 2.75) is 6.18 Å². The summed E-state index contributed by atoms with van der Waals surface area (Å²) >= 11 is 0. The van der Waals surface area contributed by atoms with Crippen LogP contribution in [0.2, 0.25) is 0 Å². The molecular weight excluding hydrogens is 328 g/mol. The second-order valence-corrected chi connectivity index (χ2v) is 4.64. The van der Waals surface area contributed by atoms with Crippen molar-refractivity contribution >= 4 is 17.7 Å². The van der Waals surface area contributed by atoms with Crippen LogP contribution in [-0.2, 0) is 6.18 Å². The highest BCUT2D eigenvalue weighted by atomic mass is 19.4. The Morgan fingerprint density at radius 1 is 1.29 bits per heavy atom. The molecule has 0 aliphatic rings. The fourth-order valence-corrected chi connectivity index (χ4v) is 1.90. The summed E-state index contributed by atoms with van der Waals surface area (Å²) in [5.74, 6) is -1.84. The average molecular weight is 340 g/mol. The second-order valence-electron chi connectivity index (χ2n) is 4.64. The highest BCUT2D eigenvalue weighted by Crippen LogP contribution is 2.30. The molecule has 0 atom stereocenters. The third-order valence-corrected chi connectivity index (χ3v) is 3.09. The molecule has 0 saturated heterocycles. The number of rotatable bonds is 4. The summed E-state index contributed by atoms with van der Waals surface area (Å²) in [6.45, 7) is 3.52. The molecule has 4 nitrogen and oxygen atoms in total. The molecule has 24 heavy (non-hydrogen) atoms. The Morgan fingerprint density at radius 2 is 2.00 bits per heavy atom. The number of alkyl halides is 3. The van der Waals surface area contributed by atoms with E-state index in [4.69, 9.17) is 4.74 Å². The van der Waals surface area contributed by atoms with E-state index in [1.807, 2.05) is 0 Å². The summed E-state index contributed by atoms with van der Waals surface area (Å²) in [4.78, 5) is 16.1. The highest BCUT2D eigenvalue weighted by Gasteiger charge is 2.32. The molecule has 8 heteroatoms. The molecule has 1 amide bonds. The molecule has 1 N–H and O–H groups in total. The summed E-state index contributed by atoms with van der Waals surface area (Å²) in [7, 11) is 1.39. The van der Waals surface area contributed by atoms with Crippen molar-refractivity contribution in [1.82, 2.24) is 4.98 Å². The monoisotopic (exact) mass is 340 g/mol. The van der Waals surface area contributed by atoms with Gasteiger partial charge in [0.1, 0.15) is 5.82 Å². The minimum absolute atomic E-state index is 0.160. The summed E-state index contributed by atoms with van der Waals surface area (Å²) in [5, 5.41) is 2.31. The maximum absolute atomic E-state index is 13.7. The number of hydrogen-bond donors (Lipinski definition) is 1. The lowest BCUT2D eigenvalue weighted by atomic mass is 10.1. The van der Waals surface area contributed by atoms with Gasteiger partial charge < -0.3 is 10.1 Å². The molecule has 0 aliphatic carbocycles. The Hall–Kier alpha value is -2.90. The lowest BCUT2D eigenvalue weighted by Crippen LogP contribution is -2.17. The van der Waals surface area contributed by atoms with Gasteiger partial charge in [0.05, 0.1) is 29.6 Å². The van der Waals surface area contributed by atoms with Crippen molar-refractivity contribution in [2.24, 2.45) is 0 Å². The Bertz CT molecular complexity index is 788. The molecule has 126 valence electrons. The van der Waals surface area contributed by atoms with Gasteiger partial charge in [-0.25, -0.2) is 9.37 Å². The van der Waals surface area contributed by atoms with Crippen LogP contribution in [0, 0.1) is 5.82 Å². The quantitative estimate of drug-likeness (QED) is 0.851. The molecule has 0 unspecified atom stereocenters. The van der Waals surface area contributed by atoms with E-state index in [0.29, 0.717) is 18.2 Å². The van der Waals surface area contributed by atoms with E-state index in [9.17, 15) is 22.4 Å². The first-order chi connectivity index (χ1) is 11.3. The van der Waals surface area contributed by atoms with Gasteiger partial charge >= 0.3 is 6.18 Å². The van der Waals surface area contributed by atoms with Crippen molar-refractivity contribution in [1.29, 1.82) is 0 Å². The van der Waals surface area contributed by atoms with Crippen LogP contribution < -0.4 is 10.1 Å². The van der Waals surface area contributed by atoms with E-state index in [2.05, 4.69) is 16.9 Å². The molecule has 2 aromatic rings. The molecule has 0 fully saturated rings. The first-order valence-corrected chi connectivity index (χ1v) is 6.62. The van der Waals surface area contributed by atoms with Crippen molar-refractivity contribution in [3.63, 3.8) is 0 Å². The first kappa shape index (κ1) is 17.5. The van der Waals surface area contributed by atoms with Crippen LogP contribution in [0.5, 0.6) is 5.88 Å². The number of carbonyl (C=O) groups is 1. The van der Waals surface area contributed by atoms with E-state index in [0.717, 1.165) is 0 Å². The normalized spacial score (nSPS) is 11.0. The number of anilines is 1. The standard InChI is InChI=1S/C16H12F4N2O2/c1-3-12-13(6-7-14(21-12)24-2)22-15(23)10-8-9(16(18,19)20)4-5-11(10)17/h3-8H,1H2,2H3,(H,22,23). The fourth-order valence-electron chi connectivity index (χ4n) is 1.90. The fraction of sp³-hybridized carbons (Fsp3) is 0.125. The zero-order valence-electron chi connectivity index (χ0n) is 12.4. The van der Waals surface area contributed by atoms with E-state index in [-0.39, 0.29) is 17.3 Å². The molecule has 0 saturated carbocycles. The second kappa shape index (κ2) is 6.69. The zero-order chi connectivity index (χ0) is 17.9. The molecule has 0 bridgehead atoms. The van der Waals surface area contributed by atoms with E-state index >= 15 is 0 Å². The van der Waals surface area contributed by atoms with Gasteiger partial charge in [0.15, 0.2) is 0 Å². The number of benzene rings is 1. The van der Waals surface area contributed by atoms with Crippen LogP contribution in [0.15, 0.2) is 36.9 Å². The number of aromatic nitrogens is 1. The van der Waals surface area contributed by atoms with Crippen molar-refractivity contribution < 1.29 is 27.1 Å². The topological polar surface area (TPSA) is 51.2 Å². The van der Waals surface area contributed by atoms with Crippen molar-refractivity contribution in [2.75, 3.05) is 12.4 Å². The minimum Gasteiger partial charge on any atom is -0.481 e. The number of ether oxygens (including phenoxy) is 1. The predicted octanol–water partition coefficient (Wildman–Crippen LogP) is 4.14. The molecule has 1 heterocycles.